The fraction of sp³-hybridized carbons (Fsp3) is 0.600. The lowest BCUT2D eigenvalue weighted by Gasteiger charge is -2.31. The molecular weight excluding hydrogens is 242 g/mol. The third-order valence-electron chi connectivity index (χ3n) is 4.26. The van der Waals surface area contributed by atoms with Crippen molar-refractivity contribution in [2.75, 3.05) is 18.9 Å². The van der Waals surface area contributed by atoms with E-state index in [4.69, 9.17) is 0 Å². The highest BCUT2D eigenvalue weighted by molar-refractivity contribution is 7.99. The lowest BCUT2D eigenvalue weighted by molar-refractivity contribution is 0.110. The van der Waals surface area contributed by atoms with E-state index in [0.717, 1.165) is 25.1 Å². The molecule has 1 unspecified atom stereocenters. The molecule has 1 aliphatic heterocycles. The lowest BCUT2D eigenvalue weighted by atomic mass is 9.83. The zero-order chi connectivity index (χ0) is 13.0. The molecule has 1 atom stereocenters. The average molecular weight is 265 g/mol. The molecule has 0 aliphatic carbocycles. The Morgan fingerprint density at radius 2 is 2.06 bits per heavy atom. The molecule has 0 fully saturated rings. The number of fused-ring (bicyclic) bond motifs is 1. The Morgan fingerprint density at radius 1 is 1.33 bits per heavy atom. The van der Waals surface area contributed by atoms with Gasteiger partial charge in [-0.1, -0.05) is 32.0 Å². The van der Waals surface area contributed by atoms with Crippen LogP contribution >= 0.6 is 11.8 Å². The normalized spacial score (nSPS) is 18.9. The van der Waals surface area contributed by atoms with E-state index in [2.05, 4.69) is 43.4 Å². The van der Waals surface area contributed by atoms with Crippen LogP contribution in [0.2, 0.25) is 0 Å². The maximum Gasteiger partial charge on any atom is 0.0499 e. The van der Waals surface area contributed by atoms with Gasteiger partial charge in [-0.3, -0.25) is 0 Å². The van der Waals surface area contributed by atoms with E-state index in [1.807, 2.05) is 11.8 Å². The summed E-state index contributed by atoms with van der Waals surface area (Å²) < 4.78 is 0. The zero-order valence-corrected chi connectivity index (χ0v) is 12.1. The number of benzene rings is 1. The summed E-state index contributed by atoms with van der Waals surface area (Å²) in [5.41, 5.74) is 1.46. The number of rotatable bonds is 6. The summed E-state index contributed by atoms with van der Waals surface area (Å²) in [7, 11) is 0. The summed E-state index contributed by atoms with van der Waals surface area (Å²) in [5, 5.41) is 13.3. The molecule has 0 aromatic heterocycles. The molecule has 2 nitrogen and oxygen atoms in total. The van der Waals surface area contributed by atoms with E-state index in [1.165, 1.54) is 10.5 Å². The fourth-order valence-corrected chi connectivity index (χ4v) is 3.65. The van der Waals surface area contributed by atoms with Crippen molar-refractivity contribution in [2.45, 2.75) is 37.6 Å². The third kappa shape index (κ3) is 2.73. The van der Waals surface area contributed by atoms with Gasteiger partial charge in [-0.05, 0) is 24.5 Å². The van der Waals surface area contributed by atoms with Crippen LogP contribution in [0, 0.1) is 5.41 Å². The second-order valence-electron chi connectivity index (χ2n) is 5.15. The van der Waals surface area contributed by atoms with Gasteiger partial charge in [-0.15, -0.1) is 11.8 Å². The van der Waals surface area contributed by atoms with Crippen LogP contribution in [-0.4, -0.2) is 24.0 Å². The van der Waals surface area contributed by atoms with Gasteiger partial charge in [0.1, 0.15) is 0 Å². The highest BCUT2D eigenvalue weighted by Gasteiger charge is 2.28. The Labute approximate surface area is 114 Å². The van der Waals surface area contributed by atoms with Gasteiger partial charge in [0.2, 0.25) is 0 Å². The monoisotopic (exact) mass is 265 g/mol. The minimum atomic E-state index is 0.0438. The average Bonchev–Trinajstić information content (AvgIpc) is 2.85. The van der Waals surface area contributed by atoms with Gasteiger partial charge in [-0.25, -0.2) is 0 Å². The van der Waals surface area contributed by atoms with Gasteiger partial charge in [0.15, 0.2) is 0 Å². The van der Waals surface area contributed by atoms with Gasteiger partial charge < -0.3 is 10.4 Å². The van der Waals surface area contributed by atoms with E-state index in [1.54, 1.807) is 0 Å². The Kier molecular flexibility index (Phi) is 4.71. The molecule has 0 spiro atoms. The van der Waals surface area contributed by atoms with Gasteiger partial charge in [-0.2, -0.15) is 0 Å². The summed E-state index contributed by atoms with van der Waals surface area (Å²) in [5.74, 6) is 1.11. The van der Waals surface area contributed by atoms with Crippen LogP contribution in [-0.2, 0) is 0 Å². The quantitative estimate of drug-likeness (QED) is 0.828. The minimum Gasteiger partial charge on any atom is -0.396 e. The highest BCUT2D eigenvalue weighted by Crippen LogP contribution is 2.38. The lowest BCUT2D eigenvalue weighted by Crippen LogP contribution is -2.38. The van der Waals surface area contributed by atoms with Crippen LogP contribution in [0.25, 0.3) is 0 Å². The van der Waals surface area contributed by atoms with E-state index >= 15 is 0 Å². The van der Waals surface area contributed by atoms with E-state index in [0.29, 0.717) is 6.04 Å². The molecule has 0 bridgehead atoms. The summed E-state index contributed by atoms with van der Waals surface area (Å²) in [6.45, 7) is 5.50. The van der Waals surface area contributed by atoms with Crippen molar-refractivity contribution >= 4 is 11.8 Å². The number of thioether (sulfide) groups is 1. The van der Waals surface area contributed by atoms with Crippen LogP contribution < -0.4 is 5.32 Å². The van der Waals surface area contributed by atoms with Gasteiger partial charge in [0, 0.05) is 35.3 Å². The largest absolute Gasteiger partial charge is 0.396 e. The van der Waals surface area contributed by atoms with Crippen molar-refractivity contribution < 1.29 is 5.11 Å². The topological polar surface area (TPSA) is 32.3 Å². The molecule has 1 aromatic rings. The van der Waals surface area contributed by atoms with Crippen molar-refractivity contribution in [3.8, 4) is 0 Å². The van der Waals surface area contributed by atoms with Crippen LogP contribution in [0.3, 0.4) is 0 Å². The van der Waals surface area contributed by atoms with Crippen molar-refractivity contribution in [3.05, 3.63) is 29.8 Å². The van der Waals surface area contributed by atoms with Crippen molar-refractivity contribution in [1.82, 2.24) is 5.32 Å². The Balaban J connectivity index is 2.00. The van der Waals surface area contributed by atoms with E-state index < -0.39 is 0 Å². The molecular formula is C15H23NOS. The predicted octanol–water partition coefficient (Wildman–Crippen LogP) is 3.22. The van der Waals surface area contributed by atoms with Crippen LogP contribution in [0.15, 0.2) is 29.2 Å². The third-order valence-corrected chi connectivity index (χ3v) is 5.44. The summed E-state index contributed by atoms with van der Waals surface area (Å²) in [6.07, 6.45) is 2.04. The highest BCUT2D eigenvalue weighted by atomic mass is 32.2. The fourth-order valence-electron chi connectivity index (χ4n) is 2.45. The first-order chi connectivity index (χ1) is 8.74. The second kappa shape index (κ2) is 6.09. The molecule has 1 aromatic carbocycles. The summed E-state index contributed by atoms with van der Waals surface area (Å²) in [6, 6.07) is 9.06. The molecule has 1 aliphatic rings. The number of aliphatic hydroxyl groups excluding tert-OH is 1. The van der Waals surface area contributed by atoms with Gasteiger partial charge in [0.25, 0.3) is 0 Å². The molecule has 18 heavy (non-hydrogen) atoms. The Bertz CT molecular complexity index is 382. The smallest absolute Gasteiger partial charge is 0.0499 e. The maximum atomic E-state index is 9.60. The van der Waals surface area contributed by atoms with Crippen LogP contribution in [0.5, 0.6) is 0 Å². The molecule has 0 saturated heterocycles. The maximum absolute atomic E-state index is 9.60. The minimum absolute atomic E-state index is 0.0438. The standard InChI is InChI=1S/C15H23NOS/c1-3-15(4-2,11-17)10-16-13-9-18-14-8-6-5-7-12(13)14/h5-8,13,16-17H,3-4,9-11H2,1-2H3. The molecule has 3 heteroatoms. The summed E-state index contributed by atoms with van der Waals surface area (Å²) in [4.78, 5) is 1.40. The zero-order valence-electron chi connectivity index (χ0n) is 11.3. The molecule has 100 valence electrons. The van der Waals surface area contributed by atoms with E-state index in [-0.39, 0.29) is 12.0 Å². The molecule has 0 amide bonds. The van der Waals surface area contributed by atoms with Gasteiger partial charge >= 0.3 is 0 Å². The van der Waals surface area contributed by atoms with Crippen LogP contribution in [0.4, 0.5) is 0 Å². The van der Waals surface area contributed by atoms with Crippen LogP contribution in [0.1, 0.15) is 38.3 Å². The molecule has 2 rings (SSSR count). The number of nitrogens with one attached hydrogen (secondary N) is 1. The summed E-state index contributed by atoms with van der Waals surface area (Å²) >= 11 is 1.92. The first-order valence-electron chi connectivity index (χ1n) is 6.80. The molecule has 0 radical (unpaired) electrons. The number of aliphatic hydroxyl groups is 1. The van der Waals surface area contributed by atoms with Crippen molar-refractivity contribution in [2.24, 2.45) is 5.41 Å². The Hall–Kier alpha value is -0.510. The van der Waals surface area contributed by atoms with E-state index in [9.17, 15) is 5.11 Å². The van der Waals surface area contributed by atoms with Gasteiger partial charge in [0.05, 0.1) is 0 Å². The number of hydrogen-bond acceptors (Lipinski definition) is 3. The van der Waals surface area contributed by atoms with Crippen molar-refractivity contribution in [1.29, 1.82) is 0 Å². The Morgan fingerprint density at radius 3 is 2.72 bits per heavy atom. The first kappa shape index (κ1) is 13.9. The SMILES string of the molecule is CCC(CC)(CO)CNC1CSc2ccccc21. The molecule has 2 N–H and O–H groups in total. The molecule has 0 saturated carbocycles. The predicted molar refractivity (Wildman–Crippen MR) is 78.0 cm³/mol. The number of hydrogen-bond donors (Lipinski definition) is 2. The second-order valence-corrected chi connectivity index (χ2v) is 6.21. The van der Waals surface area contributed by atoms with Crippen molar-refractivity contribution in [3.63, 3.8) is 0 Å². The molecule has 1 heterocycles. The first-order valence-corrected chi connectivity index (χ1v) is 7.79.